The summed E-state index contributed by atoms with van der Waals surface area (Å²) in [4.78, 5) is 4.89. The van der Waals surface area contributed by atoms with Gasteiger partial charge in [-0.2, -0.15) is 0 Å². The van der Waals surface area contributed by atoms with Gasteiger partial charge in [-0.05, 0) is 37.4 Å². The van der Waals surface area contributed by atoms with Crippen molar-refractivity contribution in [2.24, 2.45) is 5.92 Å². The van der Waals surface area contributed by atoms with Crippen molar-refractivity contribution < 1.29 is 9.84 Å². The Morgan fingerprint density at radius 3 is 3.21 bits per heavy atom. The van der Waals surface area contributed by atoms with Gasteiger partial charge < -0.3 is 9.84 Å². The van der Waals surface area contributed by atoms with Crippen LogP contribution < -0.4 is 0 Å². The number of thiophene rings is 1. The van der Waals surface area contributed by atoms with Crippen molar-refractivity contribution in [1.82, 2.24) is 4.90 Å². The Kier molecular flexibility index (Phi) is 5.87. The zero-order valence-electron chi connectivity index (χ0n) is 11.4. The first-order valence-electron chi connectivity index (χ1n) is 6.71. The number of aliphatic hydroxyl groups is 1. The van der Waals surface area contributed by atoms with Crippen LogP contribution in [0.4, 0.5) is 0 Å². The lowest BCUT2D eigenvalue weighted by Gasteiger charge is -2.31. The molecule has 1 aromatic heterocycles. The lowest BCUT2D eigenvalue weighted by atomic mass is 9.99. The minimum atomic E-state index is -0.0714. The number of methoxy groups -OCH3 is 1. The van der Waals surface area contributed by atoms with Crippen LogP contribution in [-0.4, -0.2) is 43.4 Å². The number of nitrogens with zero attached hydrogens (tertiary/aromatic N) is 1. The second-order valence-corrected chi connectivity index (χ2v) is 6.09. The maximum atomic E-state index is 8.69. The molecular weight excluding hydrogens is 258 g/mol. The second-order valence-electron chi connectivity index (χ2n) is 4.92. The lowest BCUT2D eigenvalue weighted by Crippen LogP contribution is -2.36. The van der Waals surface area contributed by atoms with E-state index in [1.807, 2.05) is 6.07 Å². The van der Waals surface area contributed by atoms with Gasteiger partial charge in [0.25, 0.3) is 0 Å². The highest BCUT2D eigenvalue weighted by Gasteiger charge is 2.20. The molecule has 2 heterocycles. The van der Waals surface area contributed by atoms with E-state index in [1.165, 1.54) is 24.3 Å². The van der Waals surface area contributed by atoms with Crippen LogP contribution in [0.1, 0.15) is 22.6 Å². The molecule has 104 valence electrons. The molecule has 1 unspecified atom stereocenters. The van der Waals surface area contributed by atoms with Gasteiger partial charge in [-0.25, -0.2) is 0 Å². The van der Waals surface area contributed by atoms with Crippen LogP contribution in [0.5, 0.6) is 0 Å². The van der Waals surface area contributed by atoms with Gasteiger partial charge in [0, 0.05) is 25.1 Å². The standard InChI is InChI=1S/C15H21NO2S/c1-18-12-13-4-2-8-16(10-13)11-15-7-6-14(19-15)5-3-9-17/h6-7,13,17H,2,4,8-12H2,1H3. The molecule has 1 aliphatic heterocycles. The van der Waals surface area contributed by atoms with E-state index >= 15 is 0 Å². The van der Waals surface area contributed by atoms with Gasteiger partial charge in [0.15, 0.2) is 0 Å². The zero-order chi connectivity index (χ0) is 13.5. The highest BCUT2D eigenvalue weighted by molar-refractivity contribution is 7.12. The van der Waals surface area contributed by atoms with Crippen LogP contribution in [0.15, 0.2) is 12.1 Å². The zero-order valence-corrected chi connectivity index (χ0v) is 12.2. The van der Waals surface area contributed by atoms with Gasteiger partial charge in [-0.3, -0.25) is 4.90 Å². The highest BCUT2D eigenvalue weighted by atomic mass is 32.1. The van der Waals surface area contributed by atoms with Gasteiger partial charge in [0.2, 0.25) is 0 Å². The Bertz CT molecular complexity index is 444. The molecule has 1 aromatic rings. The van der Waals surface area contributed by atoms with Crippen molar-refractivity contribution in [2.75, 3.05) is 33.4 Å². The Morgan fingerprint density at radius 1 is 1.53 bits per heavy atom. The number of hydrogen-bond acceptors (Lipinski definition) is 4. The molecule has 3 nitrogen and oxygen atoms in total. The number of piperidine rings is 1. The number of likely N-dealkylation sites (tertiary alicyclic amines) is 1. The highest BCUT2D eigenvalue weighted by Crippen LogP contribution is 2.22. The Labute approximate surface area is 119 Å². The van der Waals surface area contributed by atoms with Crippen molar-refractivity contribution in [3.8, 4) is 11.8 Å². The van der Waals surface area contributed by atoms with Crippen LogP contribution >= 0.6 is 11.3 Å². The Morgan fingerprint density at radius 2 is 2.42 bits per heavy atom. The topological polar surface area (TPSA) is 32.7 Å². The van der Waals surface area contributed by atoms with Gasteiger partial charge >= 0.3 is 0 Å². The van der Waals surface area contributed by atoms with E-state index in [9.17, 15) is 0 Å². The van der Waals surface area contributed by atoms with E-state index < -0.39 is 0 Å². The summed E-state index contributed by atoms with van der Waals surface area (Å²) in [5.74, 6) is 6.33. The molecule has 1 saturated heterocycles. The molecule has 1 atom stereocenters. The Balaban J connectivity index is 1.88. The second kappa shape index (κ2) is 7.66. The fraction of sp³-hybridized carbons (Fsp3) is 0.600. The average Bonchev–Trinajstić information content (AvgIpc) is 2.85. The largest absolute Gasteiger partial charge is 0.384 e. The summed E-state index contributed by atoms with van der Waals surface area (Å²) in [5.41, 5.74) is 0. The van der Waals surface area contributed by atoms with Crippen LogP contribution in [0, 0.1) is 17.8 Å². The number of rotatable bonds is 4. The van der Waals surface area contributed by atoms with Crippen LogP contribution in [0.25, 0.3) is 0 Å². The summed E-state index contributed by atoms with van der Waals surface area (Å²) in [6.07, 6.45) is 2.54. The molecule has 19 heavy (non-hydrogen) atoms. The molecule has 0 bridgehead atoms. The summed E-state index contributed by atoms with van der Waals surface area (Å²) in [6.45, 7) is 4.11. The third-order valence-electron chi connectivity index (χ3n) is 3.34. The molecule has 2 rings (SSSR count). The summed E-state index contributed by atoms with van der Waals surface area (Å²) < 4.78 is 5.26. The molecule has 1 aliphatic rings. The molecule has 0 saturated carbocycles. The smallest absolute Gasteiger partial charge is 0.104 e. The normalized spacial score (nSPS) is 20.0. The van der Waals surface area contributed by atoms with Gasteiger partial charge in [-0.1, -0.05) is 11.8 Å². The predicted molar refractivity (Wildman–Crippen MR) is 78.2 cm³/mol. The summed E-state index contributed by atoms with van der Waals surface area (Å²) in [5, 5.41) is 8.69. The molecular formula is C15H21NO2S. The fourth-order valence-electron chi connectivity index (χ4n) is 2.54. The van der Waals surface area contributed by atoms with E-state index in [-0.39, 0.29) is 6.61 Å². The van der Waals surface area contributed by atoms with Crippen molar-refractivity contribution >= 4 is 11.3 Å². The molecule has 0 spiro atoms. The van der Waals surface area contributed by atoms with Gasteiger partial charge in [0.1, 0.15) is 6.61 Å². The molecule has 0 amide bonds. The first-order chi connectivity index (χ1) is 9.31. The molecule has 0 aliphatic carbocycles. The third kappa shape index (κ3) is 4.63. The number of hydrogen-bond donors (Lipinski definition) is 1. The van der Waals surface area contributed by atoms with E-state index in [4.69, 9.17) is 9.84 Å². The molecule has 0 aromatic carbocycles. The van der Waals surface area contributed by atoms with E-state index in [1.54, 1.807) is 18.4 Å². The summed E-state index contributed by atoms with van der Waals surface area (Å²) >= 11 is 1.72. The van der Waals surface area contributed by atoms with Crippen molar-refractivity contribution in [3.63, 3.8) is 0 Å². The maximum absolute atomic E-state index is 8.69. The molecule has 1 N–H and O–H groups in total. The quantitative estimate of drug-likeness (QED) is 0.855. The minimum Gasteiger partial charge on any atom is -0.384 e. The SMILES string of the molecule is COCC1CCCN(Cc2ccc(C#CCO)s2)C1. The van der Waals surface area contributed by atoms with Crippen LogP contribution in [0.3, 0.4) is 0 Å². The predicted octanol–water partition coefficient (Wildman–Crippen LogP) is 1.95. The summed E-state index contributed by atoms with van der Waals surface area (Å²) in [7, 11) is 1.78. The molecule has 4 heteroatoms. The minimum absolute atomic E-state index is 0.0714. The third-order valence-corrected chi connectivity index (χ3v) is 4.32. The average molecular weight is 279 g/mol. The monoisotopic (exact) mass is 279 g/mol. The van der Waals surface area contributed by atoms with Crippen LogP contribution in [0.2, 0.25) is 0 Å². The summed E-state index contributed by atoms with van der Waals surface area (Å²) in [6, 6.07) is 4.19. The van der Waals surface area contributed by atoms with E-state index in [0.29, 0.717) is 5.92 Å². The lowest BCUT2D eigenvalue weighted by molar-refractivity contribution is 0.0878. The van der Waals surface area contributed by atoms with Crippen molar-refractivity contribution in [2.45, 2.75) is 19.4 Å². The van der Waals surface area contributed by atoms with E-state index in [2.05, 4.69) is 22.8 Å². The Hall–Kier alpha value is -0.860. The van der Waals surface area contributed by atoms with Crippen molar-refractivity contribution in [3.05, 3.63) is 21.9 Å². The van der Waals surface area contributed by atoms with Gasteiger partial charge in [-0.15, -0.1) is 11.3 Å². The van der Waals surface area contributed by atoms with Crippen molar-refractivity contribution in [1.29, 1.82) is 0 Å². The molecule has 1 fully saturated rings. The number of aliphatic hydroxyl groups excluding tert-OH is 1. The maximum Gasteiger partial charge on any atom is 0.104 e. The number of ether oxygens (including phenoxy) is 1. The molecule has 0 radical (unpaired) electrons. The fourth-order valence-corrected chi connectivity index (χ4v) is 3.47. The first-order valence-corrected chi connectivity index (χ1v) is 7.53. The van der Waals surface area contributed by atoms with Crippen LogP contribution in [-0.2, 0) is 11.3 Å². The first kappa shape index (κ1) is 14.5. The van der Waals surface area contributed by atoms with E-state index in [0.717, 1.165) is 24.6 Å². The van der Waals surface area contributed by atoms with Gasteiger partial charge in [0.05, 0.1) is 11.5 Å².